The molecule has 10 heteroatoms. The smallest absolute Gasteiger partial charge is 0.407 e. The Kier molecular flexibility index (Phi) is 8.94. The number of amides is 2. The molecule has 0 bridgehead atoms. The molecule has 5 rings (SSSR count). The van der Waals surface area contributed by atoms with Gasteiger partial charge in [0.15, 0.2) is 0 Å². The molecule has 2 atom stereocenters. The van der Waals surface area contributed by atoms with E-state index >= 15 is 0 Å². The van der Waals surface area contributed by atoms with Crippen molar-refractivity contribution in [1.82, 2.24) is 15.6 Å². The zero-order valence-corrected chi connectivity index (χ0v) is 24.0. The molecule has 0 fully saturated rings. The minimum Gasteiger partial charge on any atom is -0.477 e. The molecule has 0 saturated carbocycles. The predicted octanol–water partition coefficient (Wildman–Crippen LogP) is 5.28. The van der Waals surface area contributed by atoms with Gasteiger partial charge >= 0.3 is 12.1 Å². The van der Waals surface area contributed by atoms with E-state index in [4.69, 9.17) is 9.47 Å². The van der Waals surface area contributed by atoms with E-state index in [-0.39, 0.29) is 30.6 Å². The molecule has 1 aliphatic carbocycles. The largest absolute Gasteiger partial charge is 0.477 e. The van der Waals surface area contributed by atoms with Crippen molar-refractivity contribution in [1.29, 1.82) is 0 Å². The van der Waals surface area contributed by atoms with E-state index in [1.54, 1.807) is 13.8 Å². The zero-order chi connectivity index (χ0) is 29.6. The van der Waals surface area contributed by atoms with Gasteiger partial charge in [-0.1, -0.05) is 78.9 Å². The lowest BCUT2D eigenvalue weighted by molar-refractivity contribution is -0.127. The zero-order valence-electron chi connectivity index (χ0n) is 23.2. The van der Waals surface area contributed by atoms with Crippen LogP contribution in [0.15, 0.2) is 78.9 Å². The van der Waals surface area contributed by atoms with E-state index in [2.05, 4.69) is 27.8 Å². The maximum atomic E-state index is 13.3. The molecule has 4 aromatic rings. The number of hydrogen-bond acceptors (Lipinski definition) is 7. The number of thiazole rings is 1. The fraction of sp³-hybridized carbons (Fsp3) is 0.250. The highest BCUT2D eigenvalue weighted by Gasteiger charge is 2.32. The summed E-state index contributed by atoms with van der Waals surface area (Å²) in [5.74, 6) is -1.70. The topological polar surface area (TPSA) is 127 Å². The number of carboxylic acids is 1. The lowest BCUT2D eigenvalue weighted by atomic mass is 9.98. The third kappa shape index (κ3) is 6.50. The van der Waals surface area contributed by atoms with Crippen molar-refractivity contribution >= 4 is 29.3 Å². The van der Waals surface area contributed by atoms with E-state index < -0.39 is 30.1 Å². The first-order valence-corrected chi connectivity index (χ1v) is 14.4. The van der Waals surface area contributed by atoms with Gasteiger partial charge in [-0.3, -0.25) is 4.79 Å². The number of aromatic carboxylic acids is 1. The third-order valence-electron chi connectivity index (χ3n) is 7.17. The molecule has 3 aromatic carbocycles. The summed E-state index contributed by atoms with van der Waals surface area (Å²) in [4.78, 5) is 42.1. The molecule has 0 spiro atoms. The average Bonchev–Trinajstić information content (AvgIpc) is 3.54. The van der Waals surface area contributed by atoms with Gasteiger partial charge in [-0.25, -0.2) is 14.6 Å². The molecule has 1 aromatic heterocycles. The highest BCUT2D eigenvalue weighted by atomic mass is 32.1. The summed E-state index contributed by atoms with van der Waals surface area (Å²) in [7, 11) is 0. The van der Waals surface area contributed by atoms with Gasteiger partial charge in [0.2, 0.25) is 5.91 Å². The normalized spacial score (nSPS) is 13.5. The molecular weight excluding hydrogens is 554 g/mol. The van der Waals surface area contributed by atoms with E-state index in [1.165, 1.54) is 0 Å². The Labute approximate surface area is 247 Å². The Morgan fingerprint density at radius 1 is 0.952 bits per heavy atom. The Bertz CT molecular complexity index is 1540. The number of benzene rings is 3. The van der Waals surface area contributed by atoms with Gasteiger partial charge in [0, 0.05) is 5.92 Å². The molecule has 0 saturated heterocycles. The Balaban J connectivity index is 1.26. The molecule has 42 heavy (non-hydrogen) atoms. The number of ether oxygens (including phenoxy) is 2. The van der Waals surface area contributed by atoms with E-state index in [9.17, 15) is 19.5 Å². The monoisotopic (exact) mass is 585 g/mol. The van der Waals surface area contributed by atoms with Gasteiger partial charge in [-0.05, 0) is 41.7 Å². The summed E-state index contributed by atoms with van der Waals surface area (Å²) in [5.41, 5.74) is 5.70. The number of carbonyl (C=O) groups excluding carboxylic acids is 2. The van der Waals surface area contributed by atoms with Crippen LogP contribution in [0.1, 0.15) is 49.9 Å². The number of aromatic nitrogens is 1. The maximum Gasteiger partial charge on any atom is 0.407 e. The second-order valence-electron chi connectivity index (χ2n) is 9.99. The van der Waals surface area contributed by atoms with Gasteiger partial charge in [-0.15, -0.1) is 11.3 Å². The highest BCUT2D eigenvalue weighted by molar-refractivity contribution is 7.13. The van der Waals surface area contributed by atoms with Gasteiger partial charge < -0.3 is 25.2 Å². The summed E-state index contributed by atoms with van der Waals surface area (Å²) in [6, 6.07) is 24.5. The van der Waals surface area contributed by atoms with Crippen molar-refractivity contribution in [2.24, 2.45) is 0 Å². The molecular formula is C32H31N3O6S. The molecule has 2 amide bonds. The number of hydrogen-bond donors (Lipinski definition) is 3. The van der Waals surface area contributed by atoms with Crippen LogP contribution in [0.5, 0.6) is 0 Å². The molecule has 0 aliphatic heterocycles. The molecule has 0 unspecified atom stereocenters. The maximum absolute atomic E-state index is 13.3. The van der Waals surface area contributed by atoms with Crippen LogP contribution in [0.3, 0.4) is 0 Å². The van der Waals surface area contributed by atoms with Crippen molar-refractivity contribution in [3.05, 3.63) is 111 Å². The fourth-order valence-electron chi connectivity index (χ4n) is 5.06. The van der Waals surface area contributed by atoms with Crippen LogP contribution in [0.2, 0.25) is 0 Å². The summed E-state index contributed by atoms with van der Waals surface area (Å²) in [6.45, 7) is 3.65. The molecule has 0 radical (unpaired) electrons. The van der Waals surface area contributed by atoms with E-state index in [0.29, 0.717) is 10.7 Å². The van der Waals surface area contributed by atoms with Crippen LogP contribution >= 0.6 is 11.3 Å². The molecule has 9 nitrogen and oxygen atoms in total. The van der Waals surface area contributed by atoms with Gasteiger partial charge in [-0.2, -0.15) is 0 Å². The standard InChI is InChI=1S/C32H31N3O6S/c1-19-29(31(37)38)42-27(34-19)16-33-30(36)28(20(2)40-17-21-10-4-3-5-11-21)35-32(39)41-18-26-24-14-8-6-12-22(24)23-13-7-9-15-25(23)26/h3-15,20,26,28H,16-18H2,1-2H3,(H,33,36)(H,35,39)(H,37,38)/t20-,28+/m0/s1. The third-order valence-corrected chi connectivity index (χ3v) is 8.32. The fourth-order valence-corrected chi connectivity index (χ4v) is 5.90. The Morgan fingerprint density at radius 3 is 2.19 bits per heavy atom. The van der Waals surface area contributed by atoms with Crippen molar-refractivity contribution in [3.8, 4) is 11.1 Å². The molecule has 1 heterocycles. The van der Waals surface area contributed by atoms with Crippen LogP contribution in [0.25, 0.3) is 11.1 Å². The van der Waals surface area contributed by atoms with Crippen molar-refractivity contribution in [2.45, 2.75) is 45.1 Å². The highest BCUT2D eigenvalue weighted by Crippen LogP contribution is 2.44. The number of fused-ring (bicyclic) bond motifs is 3. The van der Waals surface area contributed by atoms with Crippen molar-refractivity contribution in [2.75, 3.05) is 6.61 Å². The first-order chi connectivity index (χ1) is 20.3. The van der Waals surface area contributed by atoms with Crippen molar-refractivity contribution < 1.29 is 29.0 Å². The summed E-state index contributed by atoms with van der Waals surface area (Å²) in [6.07, 6.45) is -1.45. The summed E-state index contributed by atoms with van der Waals surface area (Å²) >= 11 is 0.994. The number of rotatable bonds is 11. The molecule has 3 N–H and O–H groups in total. The number of nitrogens with one attached hydrogen (secondary N) is 2. The lowest BCUT2D eigenvalue weighted by Crippen LogP contribution is -2.53. The van der Waals surface area contributed by atoms with E-state index in [1.807, 2.05) is 66.7 Å². The van der Waals surface area contributed by atoms with E-state index in [0.717, 1.165) is 39.2 Å². The second-order valence-corrected chi connectivity index (χ2v) is 11.1. The van der Waals surface area contributed by atoms with Crippen molar-refractivity contribution in [3.63, 3.8) is 0 Å². The summed E-state index contributed by atoms with van der Waals surface area (Å²) in [5, 5.41) is 15.2. The molecule has 216 valence electrons. The Morgan fingerprint density at radius 2 is 1.57 bits per heavy atom. The first-order valence-electron chi connectivity index (χ1n) is 13.6. The minimum atomic E-state index is -1.08. The van der Waals surface area contributed by atoms with Crippen LogP contribution in [0.4, 0.5) is 4.79 Å². The molecule has 1 aliphatic rings. The van der Waals surface area contributed by atoms with Crippen LogP contribution in [0, 0.1) is 6.92 Å². The quantitative estimate of drug-likeness (QED) is 0.219. The summed E-state index contributed by atoms with van der Waals surface area (Å²) < 4.78 is 11.6. The number of aryl methyl sites for hydroxylation is 1. The Hall–Kier alpha value is -4.54. The minimum absolute atomic E-state index is 0.00585. The van der Waals surface area contributed by atoms with Crippen LogP contribution in [-0.2, 0) is 27.4 Å². The SMILES string of the molecule is Cc1nc(CNC(=O)[C@H](NC(=O)OCC2c3ccccc3-c3ccccc32)[C@H](C)OCc2ccccc2)sc1C(=O)O. The number of carboxylic acid groups (broad SMARTS) is 1. The van der Waals surface area contributed by atoms with Gasteiger partial charge in [0.25, 0.3) is 0 Å². The van der Waals surface area contributed by atoms with Gasteiger partial charge in [0.05, 0.1) is 24.9 Å². The number of alkyl carbamates (subject to hydrolysis) is 1. The first kappa shape index (κ1) is 29.0. The second kappa shape index (κ2) is 13.0. The van der Waals surface area contributed by atoms with Crippen LogP contribution in [-0.4, -0.2) is 46.8 Å². The predicted molar refractivity (Wildman–Crippen MR) is 158 cm³/mol. The van der Waals surface area contributed by atoms with Crippen LogP contribution < -0.4 is 10.6 Å². The lowest BCUT2D eigenvalue weighted by Gasteiger charge is -2.25. The van der Waals surface area contributed by atoms with Gasteiger partial charge in [0.1, 0.15) is 22.5 Å². The number of carbonyl (C=O) groups is 3. The average molecular weight is 586 g/mol. The number of nitrogens with zero attached hydrogens (tertiary/aromatic N) is 1.